The normalized spacial score (nSPS) is 17.3. The molecule has 0 radical (unpaired) electrons. The summed E-state index contributed by atoms with van der Waals surface area (Å²) in [7, 11) is 3.10. The van der Waals surface area contributed by atoms with E-state index in [4.69, 9.17) is 4.74 Å². The summed E-state index contributed by atoms with van der Waals surface area (Å²) in [5.74, 6) is -1.85. The van der Waals surface area contributed by atoms with Gasteiger partial charge in [0.1, 0.15) is 17.4 Å². The van der Waals surface area contributed by atoms with Crippen LogP contribution in [0.4, 0.5) is 24.5 Å². The number of rotatable bonds is 12. The summed E-state index contributed by atoms with van der Waals surface area (Å²) < 4.78 is 47.2. The molecule has 0 saturated heterocycles. The van der Waals surface area contributed by atoms with E-state index in [1.807, 2.05) is 105 Å². The Morgan fingerprint density at radius 1 is 1.04 bits per heavy atom. The van der Waals surface area contributed by atoms with Crippen LogP contribution in [0.25, 0.3) is 22.4 Å². The van der Waals surface area contributed by atoms with Crippen LogP contribution in [0.1, 0.15) is 42.8 Å². The number of esters is 1. The van der Waals surface area contributed by atoms with E-state index in [0.717, 1.165) is 56.5 Å². The Hall–Kier alpha value is -5.69. The molecule has 4 aromatic rings. The summed E-state index contributed by atoms with van der Waals surface area (Å²) in [6, 6.07) is 24.0. The first kappa shape index (κ1) is 38.0. The van der Waals surface area contributed by atoms with Gasteiger partial charge in [-0.25, -0.2) is 9.99 Å². The molecule has 9 nitrogen and oxygen atoms in total. The van der Waals surface area contributed by atoms with Gasteiger partial charge in [0.2, 0.25) is 0 Å². The molecule has 0 bridgehead atoms. The maximum Gasteiger partial charge on any atom is 0.435 e. The SMILES string of the molecule is CN1N=C(C(F)(F)F)\C(=C/C(O)=C/C=C2/N(CCOC(=O)CCCN(C)c3ccc(/C=C/c4nc5ccccc5s4)cc3)c3ccccc3C2(C)C)C1=O. The molecule has 13 heteroatoms. The number of halogens is 3. The van der Waals surface area contributed by atoms with Gasteiger partial charge in [0, 0.05) is 49.5 Å². The molecule has 3 heterocycles. The molecule has 0 unspecified atom stereocenters. The molecule has 280 valence electrons. The van der Waals surface area contributed by atoms with Crippen LogP contribution < -0.4 is 9.80 Å². The Morgan fingerprint density at radius 2 is 1.76 bits per heavy atom. The van der Waals surface area contributed by atoms with Gasteiger partial charge in [-0.15, -0.1) is 11.3 Å². The van der Waals surface area contributed by atoms with Crippen LogP contribution in [0, 0.1) is 0 Å². The summed E-state index contributed by atoms with van der Waals surface area (Å²) in [5.41, 5.74) is 3.02. The average Bonchev–Trinajstić information content (AvgIpc) is 3.76. The molecule has 0 spiro atoms. The zero-order valence-electron chi connectivity index (χ0n) is 30.3. The fourth-order valence-corrected chi connectivity index (χ4v) is 7.36. The van der Waals surface area contributed by atoms with E-state index >= 15 is 0 Å². The first-order valence-electron chi connectivity index (χ1n) is 17.4. The largest absolute Gasteiger partial charge is 0.508 e. The van der Waals surface area contributed by atoms with Crippen molar-refractivity contribution >= 4 is 62.7 Å². The molecule has 1 N–H and O–H groups in total. The van der Waals surface area contributed by atoms with Crippen LogP contribution >= 0.6 is 11.3 Å². The number of fused-ring (bicyclic) bond motifs is 2. The quantitative estimate of drug-likeness (QED) is 0.0878. The van der Waals surface area contributed by atoms with Crippen LogP contribution in [0.15, 0.2) is 113 Å². The highest BCUT2D eigenvalue weighted by molar-refractivity contribution is 7.19. The Balaban J connectivity index is 1.03. The van der Waals surface area contributed by atoms with Crippen molar-refractivity contribution in [2.45, 2.75) is 38.3 Å². The Morgan fingerprint density at radius 3 is 2.50 bits per heavy atom. The summed E-state index contributed by atoms with van der Waals surface area (Å²) in [6.07, 6.45) is 3.65. The van der Waals surface area contributed by atoms with Crippen LogP contribution in [0.3, 0.4) is 0 Å². The third kappa shape index (κ3) is 8.41. The van der Waals surface area contributed by atoms with Crippen LogP contribution in [0.2, 0.25) is 0 Å². The molecular weight excluding hydrogens is 716 g/mol. The number of nitrogens with zero attached hydrogens (tertiary/aromatic N) is 5. The molecule has 0 atom stereocenters. The second-order valence-corrected chi connectivity index (χ2v) is 14.5. The number of thiazole rings is 1. The molecular formula is C41H40F3N5O4S. The molecule has 3 aromatic carbocycles. The van der Waals surface area contributed by atoms with Gasteiger partial charge in [-0.05, 0) is 72.2 Å². The maximum absolute atomic E-state index is 13.5. The number of anilines is 2. The molecule has 54 heavy (non-hydrogen) atoms. The minimum Gasteiger partial charge on any atom is -0.508 e. The van der Waals surface area contributed by atoms with E-state index in [1.54, 1.807) is 17.4 Å². The number of hydrazone groups is 1. The number of amides is 1. The van der Waals surface area contributed by atoms with Gasteiger partial charge in [0.25, 0.3) is 5.91 Å². The van der Waals surface area contributed by atoms with Crippen LogP contribution in [-0.2, 0) is 19.7 Å². The molecule has 1 aromatic heterocycles. The van der Waals surface area contributed by atoms with E-state index in [2.05, 4.69) is 21.1 Å². The van der Waals surface area contributed by atoms with Gasteiger partial charge >= 0.3 is 12.1 Å². The highest BCUT2D eigenvalue weighted by atomic mass is 32.1. The lowest BCUT2D eigenvalue weighted by atomic mass is 9.84. The molecule has 0 aliphatic carbocycles. The first-order chi connectivity index (χ1) is 25.7. The number of allylic oxidation sites excluding steroid dienone is 4. The maximum atomic E-state index is 13.5. The van der Waals surface area contributed by atoms with Crippen molar-refractivity contribution in [3.63, 3.8) is 0 Å². The zero-order chi connectivity index (χ0) is 38.6. The van der Waals surface area contributed by atoms with Crippen molar-refractivity contribution < 1.29 is 32.6 Å². The van der Waals surface area contributed by atoms with Crippen LogP contribution in [-0.4, -0.2) is 72.7 Å². The van der Waals surface area contributed by atoms with Crippen LogP contribution in [0.5, 0.6) is 0 Å². The number of hydrogen-bond acceptors (Lipinski definition) is 9. The predicted molar refractivity (Wildman–Crippen MR) is 208 cm³/mol. The molecule has 6 rings (SSSR count). The lowest BCUT2D eigenvalue weighted by Gasteiger charge is -2.27. The Labute approximate surface area is 315 Å². The number of hydrogen-bond donors (Lipinski definition) is 1. The standard InChI is InChI=1S/C41H40F3N5O4S/c1-40(2)31-10-5-7-12-33(31)49(35(40)21-20-29(50)26-30-38(41(42,43)44)46-48(4)39(30)52)24-25-53-37(51)14-9-23-47(3)28-18-15-27(16-19-28)17-22-36-45-32-11-6-8-13-34(32)54-36/h5-8,10-13,15-22,26,50H,9,14,23-25H2,1-4H3/b22-17+,29-20-,30-26+,35-21+. The summed E-state index contributed by atoms with van der Waals surface area (Å²) in [5, 5.41) is 15.4. The molecule has 0 fully saturated rings. The van der Waals surface area contributed by atoms with Crippen molar-refractivity contribution in [2.24, 2.45) is 5.10 Å². The lowest BCUT2D eigenvalue weighted by molar-refractivity contribution is -0.143. The fraction of sp³-hybridized carbons (Fsp3) is 0.268. The van der Waals surface area contributed by atoms with Gasteiger partial charge in [-0.3, -0.25) is 9.59 Å². The van der Waals surface area contributed by atoms with Crippen molar-refractivity contribution in [1.82, 2.24) is 9.99 Å². The average molecular weight is 756 g/mol. The van der Waals surface area contributed by atoms with E-state index in [0.29, 0.717) is 24.5 Å². The van der Waals surface area contributed by atoms with Gasteiger partial charge in [-0.1, -0.05) is 62.4 Å². The van der Waals surface area contributed by atoms with E-state index in [1.165, 1.54) is 6.08 Å². The molecule has 2 aliphatic heterocycles. The molecule has 1 amide bonds. The van der Waals surface area contributed by atoms with Gasteiger partial charge in [0.05, 0.1) is 22.3 Å². The Bertz CT molecular complexity index is 2170. The Kier molecular flexibility index (Phi) is 11.1. The minimum absolute atomic E-state index is 0.0917. The highest BCUT2D eigenvalue weighted by Gasteiger charge is 2.45. The molecule has 0 saturated carbocycles. The fourth-order valence-electron chi connectivity index (χ4n) is 6.49. The van der Waals surface area contributed by atoms with Crippen molar-refractivity contribution in [2.75, 3.05) is 43.6 Å². The van der Waals surface area contributed by atoms with Crippen molar-refractivity contribution in [3.8, 4) is 0 Å². The number of carbonyl (C=O) groups is 2. The number of ether oxygens (including phenoxy) is 1. The van der Waals surface area contributed by atoms with E-state index < -0.39 is 34.5 Å². The zero-order valence-corrected chi connectivity index (χ0v) is 31.1. The van der Waals surface area contributed by atoms with Gasteiger partial charge in [-0.2, -0.15) is 18.3 Å². The second kappa shape index (κ2) is 15.7. The third-order valence-electron chi connectivity index (χ3n) is 9.32. The van der Waals surface area contributed by atoms with E-state index in [-0.39, 0.29) is 19.0 Å². The second-order valence-electron chi connectivity index (χ2n) is 13.5. The number of likely N-dealkylation sites (N-methyl/N-ethyl adjacent to an activating group) is 1. The first-order valence-corrected chi connectivity index (χ1v) is 18.2. The third-order valence-corrected chi connectivity index (χ3v) is 10.3. The van der Waals surface area contributed by atoms with E-state index in [9.17, 15) is 27.9 Å². The van der Waals surface area contributed by atoms with Gasteiger partial charge < -0.3 is 19.6 Å². The number of carbonyl (C=O) groups excluding carboxylic acids is 2. The molecule has 2 aliphatic rings. The van der Waals surface area contributed by atoms with Crippen molar-refractivity contribution in [1.29, 1.82) is 0 Å². The number of aliphatic hydroxyl groups excluding tert-OH is 1. The topological polar surface area (TPSA) is 98.6 Å². The monoisotopic (exact) mass is 755 g/mol. The summed E-state index contributed by atoms with van der Waals surface area (Å²) in [4.78, 5) is 33.8. The smallest absolute Gasteiger partial charge is 0.435 e. The number of alkyl halides is 3. The summed E-state index contributed by atoms with van der Waals surface area (Å²) in [6.45, 7) is 5.03. The van der Waals surface area contributed by atoms with Gasteiger partial charge in [0.15, 0.2) is 5.71 Å². The van der Waals surface area contributed by atoms with Crippen molar-refractivity contribution in [3.05, 3.63) is 124 Å². The number of aromatic nitrogens is 1. The highest BCUT2D eigenvalue weighted by Crippen LogP contribution is 2.47. The minimum atomic E-state index is -4.87. The predicted octanol–water partition coefficient (Wildman–Crippen LogP) is 8.67. The number of para-hydroxylation sites is 2. The number of aliphatic hydroxyl groups is 1. The number of benzene rings is 3. The lowest BCUT2D eigenvalue weighted by Crippen LogP contribution is -2.29. The summed E-state index contributed by atoms with van der Waals surface area (Å²) >= 11 is 1.65.